The Hall–Kier alpha value is -1.10. The Morgan fingerprint density at radius 2 is 1.75 bits per heavy atom. The summed E-state index contributed by atoms with van der Waals surface area (Å²) < 4.78 is 4.78. The quantitative estimate of drug-likeness (QED) is 0.641. The van der Waals surface area contributed by atoms with Crippen molar-refractivity contribution in [2.45, 2.75) is 19.8 Å². The third-order valence-corrected chi connectivity index (χ3v) is 2.70. The summed E-state index contributed by atoms with van der Waals surface area (Å²) in [6.45, 7) is 5.48. The number of rotatable bonds is 4. The summed E-state index contributed by atoms with van der Waals surface area (Å²) in [4.78, 5) is 26.8. The molecule has 0 aromatic rings. The maximum absolute atomic E-state index is 11.7. The highest BCUT2D eigenvalue weighted by atomic mass is 16.5. The average molecular weight is 228 g/mol. The predicted octanol–water partition coefficient (Wildman–Crippen LogP) is 0.104. The van der Waals surface area contributed by atoms with Crippen LogP contribution in [0, 0.1) is 0 Å². The van der Waals surface area contributed by atoms with Gasteiger partial charge in [0.05, 0.1) is 13.0 Å². The van der Waals surface area contributed by atoms with Crippen molar-refractivity contribution in [2.24, 2.45) is 0 Å². The molecule has 0 N–H and O–H groups in total. The Morgan fingerprint density at radius 1 is 1.12 bits per heavy atom. The number of esters is 1. The van der Waals surface area contributed by atoms with Crippen LogP contribution in [0.5, 0.6) is 0 Å². The largest absolute Gasteiger partial charge is 0.466 e. The first-order chi connectivity index (χ1) is 7.63. The lowest BCUT2D eigenvalue weighted by Crippen LogP contribution is -2.47. The molecule has 1 saturated heterocycles. The first-order valence-electron chi connectivity index (χ1n) is 5.75. The molecule has 0 radical (unpaired) electrons. The first kappa shape index (κ1) is 13.0. The average Bonchev–Trinajstić information content (AvgIpc) is 2.27. The van der Waals surface area contributed by atoms with Crippen LogP contribution >= 0.6 is 0 Å². The van der Waals surface area contributed by atoms with E-state index >= 15 is 0 Å². The molecular formula is C11H20N2O3. The molecular weight excluding hydrogens is 208 g/mol. The van der Waals surface area contributed by atoms with E-state index < -0.39 is 0 Å². The van der Waals surface area contributed by atoms with Crippen molar-refractivity contribution in [2.75, 3.05) is 39.8 Å². The molecule has 0 saturated carbocycles. The van der Waals surface area contributed by atoms with Gasteiger partial charge in [-0.1, -0.05) is 0 Å². The summed E-state index contributed by atoms with van der Waals surface area (Å²) in [7, 11) is 2.04. The molecule has 1 aliphatic heterocycles. The lowest BCUT2D eigenvalue weighted by molar-refractivity contribution is -0.146. The minimum Gasteiger partial charge on any atom is -0.466 e. The van der Waals surface area contributed by atoms with Crippen LogP contribution in [-0.4, -0.2) is 61.5 Å². The molecule has 0 unspecified atom stereocenters. The molecule has 1 heterocycles. The van der Waals surface area contributed by atoms with Gasteiger partial charge in [0, 0.05) is 32.6 Å². The van der Waals surface area contributed by atoms with E-state index in [1.165, 1.54) is 0 Å². The zero-order valence-corrected chi connectivity index (χ0v) is 10.1. The number of piperazine rings is 1. The molecule has 0 spiro atoms. The Bertz CT molecular complexity index is 248. The van der Waals surface area contributed by atoms with E-state index in [0.29, 0.717) is 6.61 Å². The number of carbonyl (C=O) groups excluding carboxylic acids is 2. The first-order valence-corrected chi connectivity index (χ1v) is 5.75. The molecule has 5 nitrogen and oxygen atoms in total. The predicted molar refractivity (Wildman–Crippen MR) is 59.9 cm³/mol. The van der Waals surface area contributed by atoms with Gasteiger partial charge in [-0.3, -0.25) is 9.59 Å². The molecule has 1 fully saturated rings. The minimum atomic E-state index is -0.287. The molecule has 92 valence electrons. The number of nitrogens with zero attached hydrogens (tertiary/aromatic N) is 2. The van der Waals surface area contributed by atoms with Crippen molar-refractivity contribution in [3.63, 3.8) is 0 Å². The van der Waals surface area contributed by atoms with Gasteiger partial charge in [-0.2, -0.15) is 0 Å². The van der Waals surface area contributed by atoms with Crippen LogP contribution in [0.1, 0.15) is 19.8 Å². The Balaban J connectivity index is 2.22. The highest BCUT2D eigenvalue weighted by molar-refractivity contribution is 5.81. The summed E-state index contributed by atoms with van der Waals surface area (Å²) >= 11 is 0. The lowest BCUT2D eigenvalue weighted by atomic mass is 10.2. The Kier molecular flexibility index (Phi) is 5.25. The normalized spacial score (nSPS) is 17.2. The lowest BCUT2D eigenvalue weighted by Gasteiger charge is -2.32. The van der Waals surface area contributed by atoms with Crippen molar-refractivity contribution in [1.29, 1.82) is 0 Å². The van der Waals surface area contributed by atoms with Crippen LogP contribution in [0.2, 0.25) is 0 Å². The third kappa shape index (κ3) is 4.18. The second-order valence-electron chi connectivity index (χ2n) is 3.99. The van der Waals surface area contributed by atoms with Gasteiger partial charge in [-0.15, -0.1) is 0 Å². The number of likely N-dealkylation sites (N-methyl/N-ethyl adjacent to an activating group) is 1. The minimum absolute atomic E-state index is 0.0566. The molecule has 1 aliphatic rings. The number of carbonyl (C=O) groups is 2. The van der Waals surface area contributed by atoms with Crippen molar-refractivity contribution in [3.05, 3.63) is 0 Å². The van der Waals surface area contributed by atoms with Crippen LogP contribution in [0.15, 0.2) is 0 Å². The van der Waals surface area contributed by atoms with Gasteiger partial charge < -0.3 is 14.5 Å². The van der Waals surface area contributed by atoms with Crippen molar-refractivity contribution >= 4 is 11.9 Å². The molecule has 16 heavy (non-hydrogen) atoms. The number of hydrogen-bond donors (Lipinski definition) is 0. The van der Waals surface area contributed by atoms with E-state index in [2.05, 4.69) is 4.90 Å². The van der Waals surface area contributed by atoms with Gasteiger partial charge in [0.1, 0.15) is 0 Å². The zero-order chi connectivity index (χ0) is 12.0. The van der Waals surface area contributed by atoms with E-state index in [4.69, 9.17) is 4.74 Å². The van der Waals surface area contributed by atoms with Crippen molar-refractivity contribution in [1.82, 2.24) is 9.80 Å². The fraction of sp³-hybridized carbons (Fsp3) is 0.818. The van der Waals surface area contributed by atoms with Gasteiger partial charge in [-0.25, -0.2) is 0 Å². The smallest absolute Gasteiger partial charge is 0.306 e. The van der Waals surface area contributed by atoms with Gasteiger partial charge in [0.15, 0.2) is 0 Å². The van der Waals surface area contributed by atoms with Crippen LogP contribution in [0.4, 0.5) is 0 Å². The van der Waals surface area contributed by atoms with Crippen molar-refractivity contribution in [3.8, 4) is 0 Å². The maximum atomic E-state index is 11.7. The zero-order valence-electron chi connectivity index (χ0n) is 10.1. The fourth-order valence-corrected chi connectivity index (χ4v) is 1.66. The van der Waals surface area contributed by atoms with E-state index in [1.807, 2.05) is 11.9 Å². The molecule has 5 heteroatoms. The van der Waals surface area contributed by atoms with Crippen LogP contribution in [0.3, 0.4) is 0 Å². The summed E-state index contributed by atoms with van der Waals surface area (Å²) in [5, 5.41) is 0. The summed E-state index contributed by atoms with van der Waals surface area (Å²) in [6.07, 6.45) is 0.460. The fourth-order valence-electron chi connectivity index (χ4n) is 1.66. The number of hydrogen-bond acceptors (Lipinski definition) is 4. The van der Waals surface area contributed by atoms with E-state index in [0.717, 1.165) is 26.2 Å². The molecule has 1 rings (SSSR count). The maximum Gasteiger partial charge on any atom is 0.306 e. The van der Waals surface area contributed by atoms with E-state index in [-0.39, 0.29) is 24.7 Å². The monoisotopic (exact) mass is 228 g/mol. The molecule has 0 aromatic carbocycles. The number of amides is 1. The van der Waals surface area contributed by atoms with Crippen LogP contribution in [0.25, 0.3) is 0 Å². The van der Waals surface area contributed by atoms with Gasteiger partial charge >= 0.3 is 5.97 Å². The van der Waals surface area contributed by atoms with Crippen LogP contribution in [-0.2, 0) is 14.3 Å². The molecule has 0 bridgehead atoms. The summed E-state index contributed by atoms with van der Waals surface area (Å²) in [6, 6.07) is 0. The number of ether oxygens (including phenoxy) is 1. The Morgan fingerprint density at radius 3 is 2.31 bits per heavy atom. The van der Waals surface area contributed by atoms with Gasteiger partial charge in [-0.05, 0) is 14.0 Å². The molecule has 0 aromatic heterocycles. The third-order valence-electron chi connectivity index (χ3n) is 2.70. The topological polar surface area (TPSA) is 49.9 Å². The van der Waals surface area contributed by atoms with Gasteiger partial charge in [0.25, 0.3) is 0 Å². The van der Waals surface area contributed by atoms with Crippen molar-refractivity contribution < 1.29 is 14.3 Å². The van der Waals surface area contributed by atoms with Gasteiger partial charge in [0.2, 0.25) is 5.91 Å². The van der Waals surface area contributed by atoms with E-state index in [9.17, 15) is 9.59 Å². The summed E-state index contributed by atoms with van der Waals surface area (Å²) in [5.74, 6) is -0.230. The second kappa shape index (κ2) is 6.48. The Labute approximate surface area is 96.3 Å². The SMILES string of the molecule is CCOC(=O)CCC(=O)N1CCN(C)CC1. The van der Waals surface area contributed by atoms with Crippen LogP contribution < -0.4 is 0 Å². The molecule has 0 atom stereocenters. The van der Waals surface area contributed by atoms with E-state index in [1.54, 1.807) is 6.92 Å². The molecule has 0 aliphatic carbocycles. The molecule has 1 amide bonds. The second-order valence-corrected chi connectivity index (χ2v) is 3.99. The highest BCUT2D eigenvalue weighted by Gasteiger charge is 2.19. The summed E-state index contributed by atoms with van der Waals surface area (Å²) in [5.41, 5.74) is 0. The highest BCUT2D eigenvalue weighted by Crippen LogP contribution is 2.04. The standard InChI is InChI=1S/C11H20N2O3/c1-3-16-11(15)5-4-10(14)13-8-6-12(2)7-9-13/h3-9H2,1-2H3.